The number of carboxylic acid groups (broad SMARTS) is 1. The molecule has 0 aromatic carbocycles. The van der Waals surface area contributed by atoms with Gasteiger partial charge in [0.2, 0.25) is 0 Å². The van der Waals surface area contributed by atoms with Crippen LogP contribution in [-0.4, -0.2) is 82.3 Å². The number of carboxylic acids is 1. The van der Waals surface area contributed by atoms with Crippen LogP contribution < -0.4 is 5.11 Å². The Labute approximate surface area is 663 Å². The third-order valence-electron chi connectivity index (χ3n) is 22.8. The molecular formula is C97H189NO8. The summed E-state index contributed by atoms with van der Waals surface area (Å²) in [4.78, 5) is 37.7. The Morgan fingerprint density at radius 1 is 0.274 bits per heavy atom. The standard InChI is InChI=1S/C97H189NO8/c1-6-8-10-12-14-16-18-20-22-24-26-28-30-32-34-36-38-40-42-44-46-48-50-52-54-56-58-60-62-64-66-68-70-72-74-76-78-80-82-84-86-88-95(100)106-93(92-105-97(96(101)102)103-90-89-98(3,4)5)91-104-94(99)87-85-83-81-79-77-75-73-71-69-67-65-63-61-59-57-55-53-51-49-47-45-43-41-39-37-35-33-31-29-27-25-23-21-19-17-15-13-11-9-7-2/h24,26,93,97H,6-23,25,27-92H2,1-5H3/b26-24-. The van der Waals surface area contributed by atoms with Gasteiger partial charge in [0, 0.05) is 12.8 Å². The first kappa shape index (κ1) is 104. The number of nitrogens with zero attached hydrogens (tertiary/aromatic N) is 1. The zero-order valence-electron chi connectivity index (χ0n) is 72.6. The van der Waals surface area contributed by atoms with Gasteiger partial charge in [0.25, 0.3) is 0 Å². The van der Waals surface area contributed by atoms with Gasteiger partial charge < -0.3 is 33.3 Å². The molecule has 2 atom stereocenters. The number of hydrogen-bond donors (Lipinski definition) is 0. The molecule has 0 aromatic heterocycles. The number of ether oxygens (including phenoxy) is 4. The van der Waals surface area contributed by atoms with Gasteiger partial charge in [0.15, 0.2) is 12.4 Å². The van der Waals surface area contributed by atoms with Crippen LogP contribution in [0.2, 0.25) is 0 Å². The first-order valence-corrected chi connectivity index (χ1v) is 48.3. The monoisotopic (exact) mass is 1500 g/mol. The van der Waals surface area contributed by atoms with Crippen LogP contribution in [0.1, 0.15) is 534 Å². The van der Waals surface area contributed by atoms with Crippen LogP contribution in [0, 0.1) is 0 Å². The van der Waals surface area contributed by atoms with E-state index < -0.39 is 24.3 Å². The Morgan fingerprint density at radius 3 is 0.698 bits per heavy atom. The topological polar surface area (TPSA) is 111 Å². The molecule has 0 N–H and O–H groups in total. The highest BCUT2D eigenvalue weighted by Crippen LogP contribution is 2.22. The SMILES string of the molecule is CCCCCCCCCC/C=C\CCCCCCCCCCCCCCCCCCCCCCCCCCCCCCCC(=O)OC(COC(=O)CCCCCCCCCCCCCCCCCCCCCCCCCCCCCCCCCCCCCCCCCC)COC(OCC[N+](C)(C)C)C(=O)[O-]. The second-order valence-electron chi connectivity index (χ2n) is 34.7. The summed E-state index contributed by atoms with van der Waals surface area (Å²) in [6.07, 6.45) is 111. The number of aliphatic carboxylic acids is 1. The molecule has 9 heteroatoms. The van der Waals surface area contributed by atoms with Crippen LogP contribution in [0.25, 0.3) is 0 Å². The van der Waals surface area contributed by atoms with Crippen molar-refractivity contribution < 1.29 is 42.9 Å². The summed E-state index contributed by atoms with van der Waals surface area (Å²) in [6, 6.07) is 0. The summed E-state index contributed by atoms with van der Waals surface area (Å²) >= 11 is 0. The van der Waals surface area contributed by atoms with E-state index in [1.807, 2.05) is 21.1 Å². The number of carbonyl (C=O) groups excluding carboxylic acids is 3. The second kappa shape index (κ2) is 88.6. The molecule has 0 spiro atoms. The number of rotatable bonds is 93. The Bertz CT molecular complexity index is 1750. The smallest absolute Gasteiger partial charge is 0.306 e. The van der Waals surface area contributed by atoms with E-state index in [4.69, 9.17) is 18.9 Å². The molecular weight excluding hydrogens is 1310 g/mol. The van der Waals surface area contributed by atoms with E-state index in [-0.39, 0.29) is 32.2 Å². The molecule has 0 radical (unpaired) electrons. The highest BCUT2D eigenvalue weighted by atomic mass is 16.7. The summed E-state index contributed by atoms with van der Waals surface area (Å²) < 4.78 is 23.0. The summed E-state index contributed by atoms with van der Waals surface area (Å²) in [6.45, 7) is 4.86. The molecule has 0 aromatic rings. The third-order valence-corrected chi connectivity index (χ3v) is 22.8. The average Bonchev–Trinajstić information content (AvgIpc) is 0.935. The molecule has 0 aliphatic heterocycles. The van der Waals surface area contributed by atoms with E-state index >= 15 is 0 Å². The van der Waals surface area contributed by atoms with Crippen molar-refractivity contribution in [2.75, 3.05) is 47.5 Å². The molecule has 9 nitrogen and oxygen atoms in total. The Balaban J connectivity index is 3.83. The molecule has 630 valence electrons. The number of allylic oxidation sites excluding steroid dienone is 2. The van der Waals surface area contributed by atoms with Gasteiger partial charge in [-0.05, 0) is 38.5 Å². The van der Waals surface area contributed by atoms with Crippen molar-refractivity contribution in [1.82, 2.24) is 0 Å². The number of likely N-dealkylation sites (N-methyl/N-ethyl adjacent to an activating group) is 1. The van der Waals surface area contributed by atoms with Gasteiger partial charge in [-0.15, -0.1) is 0 Å². The fourth-order valence-corrected chi connectivity index (χ4v) is 15.4. The largest absolute Gasteiger partial charge is 0.545 e. The van der Waals surface area contributed by atoms with Gasteiger partial charge in [-0.3, -0.25) is 9.59 Å². The number of esters is 2. The van der Waals surface area contributed by atoms with Crippen molar-refractivity contribution in [3.05, 3.63) is 12.2 Å². The van der Waals surface area contributed by atoms with Crippen molar-refractivity contribution in [2.45, 2.75) is 546 Å². The number of quaternary nitrogens is 1. The van der Waals surface area contributed by atoms with Gasteiger partial charge in [-0.25, -0.2) is 0 Å². The van der Waals surface area contributed by atoms with Gasteiger partial charge in [0.1, 0.15) is 13.2 Å². The normalized spacial score (nSPS) is 12.5. The maximum atomic E-state index is 13.0. The lowest BCUT2D eigenvalue weighted by molar-refractivity contribution is -0.870. The lowest BCUT2D eigenvalue weighted by Gasteiger charge is -2.26. The van der Waals surface area contributed by atoms with Crippen LogP contribution in [0.3, 0.4) is 0 Å². The van der Waals surface area contributed by atoms with Gasteiger partial charge in [0.05, 0.1) is 40.3 Å². The molecule has 0 aliphatic rings. The van der Waals surface area contributed by atoms with E-state index in [1.54, 1.807) is 0 Å². The minimum absolute atomic E-state index is 0.153. The summed E-state index contributed by atoms with van der Waals surface area (Å²) in [5.41, 5.74) is 0. The minimum Gasteiger partial charge on any atom is -0.545 e. The van der Waals surface area contributed by atoms with E-state index in [9.17, 15) is 19.5 Å². The molecule has 2 unspecified atom stereocenters. The first-order chi connectivity index (χ1) is 52.1. The van der Waals surface area contributed by atoms with E-state index in [0.717, 1.165) is 38.5 Å². The quantitative estimate of drug-likeness (QED) is 0.0195. The third kappa shape index (κ3) is 89.2. The molecule has 0 heterocycles. The van der Waals surface area contributed by atoms with E-state index in [0.29, 0.717) is 17.4 Å². The number of unbranched alkanes of at least 4 members (excludes halogenated alkanes) is 76. The van der Waals surface area contributed by atoms with Crippen molar-refractivity contribution >= 4 is 17.9 Å². The maximum Gasteiger partial charge on any atom is 0.306 e. The lowest BCUT2D eigenvalue weighted by atomic mass is 10.0. The predicted octanol–water partition coefficient (Wildman–Crippen LogP) is 30.5. The molecule has 0 bridgehead atoms. The fraction of sp³-hybridized carbons (Fsp3) is 0.948. The van der Waals surface area contributed by atoms with Gasteiger partial charge >= 0.3 is 11.9 Å². The van der Waals surface area contributed by atoms with Gasteiger partial charge in [-0.2, -0.15) is 0 Å². The maximum absolute atomic E-state index is 13.0. The van der Waals surface area contributed by atoms with Crippen LogP contribution >= 0.6 is 0 Å². The van der Waals surface area contributed by atoms with E-state index in [1.165, 1.54) is 469 Å². The lowest BCUT2D eigenvalue weighted by Crippen LogP contribution is -2.44. The minimum atomic E-state index is -1.62. The Kier molecular flexibility index (Phi) is 86.9. The van der Waals surface area contributed by atoms with Crippen LogP contribution in [0.15, 0.2) is 12.2 Å². The molecule has 0 saturated carbocycles. The van der Waals surface area contributed by atoms with Crippen molar-refractivity contribution in [3.63, 3.8) is 0 Å². The highest BCUT2D eigenvalue weighted by molar-refractivity contribution is 5.70. The average molecular weight is 1500 g/mol. The molecule has 0 amide bonds. The molecule has 0 aliphatic carbocycles. The predicted molar refractivity (Wildman–Crippen MR) is 459 cm³/mol. The number of carbonyl (C=O) groups is 3. The fourth-order valence-electron chi connectivity index (χ4n) is 15.4. The molecule has 106 heavy (non-hydrogen) atoms. The number of hydrogen-bond acceptors (Lipinski definition) is 8. The van der Waals surface area contributed by atoms with Crippen LogP contribution in [0.5, 0.6) is 0 Å². The molecule has 0 rings (SSSR count). The van der Waals surface area contributed by atoms with Crippen molar-refractivity contribution in [1.29, 1.82) is 0 Å². The van der Waals surface area contributed by atoms with Crippen LogP contribution in [0.4, 0.5) is 0 Å². The molecule has 0 fully saturated rings. The first-order valence-electron chi connectivity index (χ1n) is 48.3. The second-order valence-corrected chi connectivity index (χ2v) is 34.7. The van der Waals surface area contributed by atoms with Crippen molar-refractivity contribution in [2.24, 2.45) is 0 Å². The van der Waals surface area contributed by atoms with Crippen molar-refractivity contribution in [3.8, 4) is 0 Å². The zero-order chi connectivity index (χ0) is 76.7. The summed E-state index contributed by atoms with van der Waals surface area (Å²) in [5, 5.41) is 11.9. The zero-order valence-corrected chi connectivity index (χ0v) is 72.6. The van der Waals surface area contributed by atoms with E-state index in [2.05, 4.69) is 26.0 Å². The Morgan fingerprint density at radius 2 is 0.481 bits per heavy atom. The molecule has 0 saturated heterocycles. The van der Waals surface area contributed by atoms with Gasteiger partial charge in [-0.1, -0.05) is 495 Å². The highest BCUT2D eigenvalue weighted by Gasteiger charge is 2.22. The summed E-state index contributed by atoms with van der Waals surface area (Å²) in [7, 11) is 5.97. The van der Waals surface area contributed by atoms with Crippen LogP contribution in [-0.2, 0) is 33.3 Å². The summed E-state index contributed by atoms with van der Waals surface area (Å²) in [5.74, 6) is -2.24. The Hall–Kier alpha value is -1.97.